The van der Waals surface area contributed by atoms with Gasteiger partial charge in [0.15, 0.2) is 0 Å². The van der Waals surface area contributed by atoms with Gasteiger partial charge < -0.3 is 10.8 Å². The fourth-order valence-corrected chi connectivity index (χ4v) is 0.825. The summed E-state index contributed by atoms with van der Waals surface area (Å²) in [6, 6.07) is 6.89. The lowest BCUT2D eigenvalue weighted by Crippen LogP contribution is -1.94. The summed E-state index contributed by atoms with van der Waals surface area (Å²) in [4.78, 5) is 0. The number of hydrogen-bond donors (Lipinski definition) is 2. The van der Waals surface area contributed by atoms with E-state index in [2.05, 4.69) is 5.92 Å². The highest BCUT2D eigenvalue weighted by Gasteiger charge is 2.01. The molecule has 56 valence electrons. The molecule has 1 aromatic carbocycles. The Morgan fingerprint density at radius 2 is 2.27 bits per heavy atom. The zero-order valence-electron chi connectivity index (χ0n) is 5.99. The van der Waals surface area contributed by atoms with Crippen molar-refractivity contribution in [2.24, 2.45) is 0 Å². The minimum atomic E-state index is -0.849. The quantitative estimate of drug-likeness (QED) is 0.458. The molecule has 0 amide bonds. The second kappa shape index (κ2) is 3.09. The summed E-state index contributed by atoms with van der Waals surface area (Å²) in [5.41, 5.74) is 6.74. The van der Waals surface area contributed by atoms with Crippen LogP contribution in [0.25, 0.3) is 0 Å². The van der Waals surface area contributed by atoms with Crippen molar-refractivity contribution in [2.75, 3.05) is 5.73 Å². The van der Waals surface area contributed by atoms with E-state index in [4.69, 9.17) is 17.3 Å². The minimum Gasteiger partial charge on any atom is -0.399 e. The molecule has 1 atom stereocenters. The van der Waals surface area contributed by atoms with Crippen LogP contribution < -0.4 is 5.73 Å². The normalized spacial score (nSPS) is 12.0. The highest BCUT2D eigenvalue weighted by molar-refractivity contribution is 5.42. The summed E-state index contributed by atoms with van der Waals surface area (Å²) < 4.78 is 0. The maximum Gasteiger partial charge on any atom is 0.140 e. The molecule has 0 aliphatic carbocycles. The molecule has 0 spiro atoms. The van der Waals surface area contributed by atoms with Crippen LogP contribution in [0.1, 0.15) is 11.7 Å². The van der Waals surface area contributed by atoms with Gasteiger partial charge in [-0.05, 0) is 17.7 Å². The molecule has 1 unspecified atom stereocenters. The second-order valence-corrected chi connectivity index (χ2v) is 2.24. The Morgan fingerprint density at radius 1 is 1.55 bits per heavy atom. The van der Waals surface area contributed by atoms with Gasteiger partial charge in [-0.25, -0.2) is 0 Å². The number of nitrogens with two attached hydrogens (primary N) is 1. The predicted octanol–water partition coefficient (Wildman–Crippen LogP) is 0.935. The average molecular weight is 147 g/mol. The zero-order valence-corrected chi connectivity index (χ0v) is 5.99. The molecular formula is C9H9NO. The van der Waals surface area contributed by atoms with Crippen molar-refractivity contribution in [3.05, 3.63) is 29.8 Å². The molecule has 0 aliphatic heterocycles. The van der Waals surface area contributed by atoms with Crippen LogP contribution in [0, 0.1) is 12.3 Å². The van der Waals surface area contributed by atoms with E-state index in [-0.39, 0.29) is 0 Å². The molecule has 0 bridgehead atoms. The third-order valence-corrected chi connectivity index (χ3v) is 1.38. The highest BCUT2D eigenvalue weighted by Crippen LogP contribution is 2.14. The van der Waals surface area contributed by atoms with Gasteiger partial charge in [-0.1, -0.05) is 18.1 Å². The topological polar surface area (TPSA) is 46.2 Å². The first kappa shape index (κ1) is 7.64. The first-order valence-corrected chi connectivity index (χ1v) is 3.23. The molecule has 0 radical (unpaired) electrons. The predicted molar refractivity (Wildman–Crippen MR) is 44.6 cm³/mol. The largest absolute Gasteiger partial charge is 0.399 e. The molecule has 0 aliphatic rings. The number of benzene rings is 1. The maximum absolute atomic E-state index is 9.16. The first-order valence-electron chi connectivity index (χ1n) is 3.23. The van der Waals surface area contributed by atoms with Crippen LogP contribution in [0.3, 0.4) is 0 Å². The minimum absolute atomic E-state index is 0.608. The molecule has 3 N–H and O–H groups in total. The van der Waals surface area contributed by atoms with Crippen LogP contribution in [-0.2, 0) is 0 Å². The Bertz CT molecular complexity index is 288. The van der Waals surface area contributed by atoms with E-state index < -0.39 is 6.10 Å². The number of aliphatic hydroxyl groups is 1. The summed E-state index contributed by atoms with van der Waals surface area (Å²) in [7, 11) is 0. The van der Waals surface area contributed by atoms with Crippen LogP contribution in [0.2, 0.25) is 0 Å². The lowest BCUT2D eigenvalue weighted by molar-refractivity contribution is 0.238. The van der Waals surface area contributed by atoms with E-state index in [9.17, 15) is 0 Å². The maximum atomic E-state index is 9.16. The number of terminal acetylenes is 1. The molecule has 0 fully saturated rings. The summed E-state index contributed by atoms with van der Waals surface area (Å²) >= 11 is 0. The lowest BCUT2D eigenvalue weighted by Gasteiger charge is -2.03. The van der Waals surface area contributed by atoms with Crippen LogP contribution in [0.15, 0.2) is 24.3 Å². The molecule has 0 saturated heterocycles. The van der Waals surface area contributed by atoms with Crippen LogP contribution in [-0.4, -0.2) is 5.11 Å². The van der Waals surface area contributed by atoms with E-state index in [0.29, 0.717) is 11.3 Å². The number of anilines is 1. The molecule has 0 saturated carbocycles. The van der Waals surface area contributed by atoms with Crippen molar-refractivity contribution >= 4 is 5.69 Å². The van der Waals surface area contributed by atoms with Crippen molar-refractivity contribution in [2.45, 2.75) is 6.10 Å². The van der Waals surface area contributed by atoms with Gasteiger partial charge in [0.25, 0.3) is 0 Å². The monoisotopic (exact) mass is 147 g/mol. The van der Waals surface area contributed by atoms with Crippen LogP contribution >= 0.6 is 0 Å². The standard InChI is InChI=1S/C9H9NO/c1-2-9(11)7-4-3-5-8(10)6-7/h1,3-6,9,11H,10H2. The van der Waals surface area contributed by atoms with Crippen LogP contribution in [0.5, 0.6) is 0 Å². The van der Waals surface area contributed by atoms with Crippen molar-refractivity contribution < 1.29 is 5.11 Å². The van der Waals surface area contributed by atoms with E-state index in [1.54, 1.807) is 24.3 Å². The molecular weight excluding hydrogens is 138 g/mol. The number of nitrogen functional groups attached to an aromatic ring is 1. The van der Waals surface area contributed by atoms with E-state index >= 15 is 0 Å². The SMILES string of the molecule is C#CC(O)c1cccc(N)c1. The molecule has 1 rings (SSSR count). The Hall–Kier alpha value is -1.46. The first-order chi connectivity index (χ1) is 5.24. The van der Waals surface area contributed by atoms with Crippen LogP contribution in [0.4, 0.5) is 5.69 Å². The summed E-state index contributed by atoms with van der Waals surface area (Å²) in [6.07, 6.45) is 4.16. The Kier molecular flexibility index (Phi) is 2.15. The Labute approximate surface area is 65.7 Å². The van der Waals surface area contributed by atoms with Gasteiger partial charge in [0, 0.05) is 5.69 Å². The Morgan fingerprint density at radius 3 is 2.82 bits per heavy atom. The third kappa shape index (κ3) is 1.73. The molecule has 2 nitrogen and oxygen atoms in total. The van der Waals surface area contributed by atoms with Gasteiger partial charge >= 0.3 is 0 Å². The van der Waals surface area contributed by atoms with E-state index in [0.717, 1.165) is 0 Å². The Balaban J connectivity index is 2.98. The summed E-state index contributed by atoms with van der Waals surface area (Å²) in [6.45, 7) is 0. The van der Waals surface area contributed by atoms with Crippen molar-refractivity contribution in [3.63, 3.8) is 0 Å². The fraction of sp³-hybridized carbons (Fsp3) is 0.111. The molecule has 1 aromatic rings. The molecule has 11 heavy (non-hydrogen) atoms. The average Bonchev–Trinajstić information content (AvgIpc) is 2.03. The second-order valence-electron chi connectivity index (χ2n) is 2.24. The molecule has 0 aromatic heterocycles. The van der Waals surface area contributed by atoms with Gasteiger partial charge in [0.05, 0.1) is 0 Å². The van der Waals surface area contributed by atoms with E-state index in [1.165, 1.54) is 0 Å². The third-order valence-electron chi connectivity index (χ3n) is 1.38. The summed E-state index contributed by atoms with van der Waals surface area (Å²) in [5.74, 6) is 2.21. The van der Waals surface area contributed by atoms with Crippen molar-refractivity contribution in [1.29, 1.82) is 0 Å². The zero-order chi connectivity index (χ0) is 8.27. The number of rotatable bonds is 1. The van der Waals surface area contributed by atoms with Crippen molar-refractivity contribution in [1.82, 2.24) is 0 Å². The molecule has 0 heterocycles. The smallest absolute Gasteiger partial charge is 0.140 e. The fourth-order valence-electron chi connectivity index (χ4n) is 0.825. The van der Waals surface area contributed by atoms with Gasteiger partial charge in [-0.15, -0.1) is 6.42 Å². The number of aliphatic hydroxyl groups excluding tert-OH is 1. The number of hydrogen-bond acceptors (Lipinski definition) is 2. The van der Waals surface area contributed by atoms with Crippen molar-refractivity contribution in [3.8, 4) is 12.3 Å². The van der Waals surface area contributed by atoms with Gasteiger partial charge in [0.2, 0.25) is 0 Å². The lowest BCUT2D eigenvalue weighted by atomic mass is 10.1. The van der Waals surface area contributed by atoms with Gasteiger partial charge in [-0.3, -0.25) is 0 Å². The van der Waals surface area contributed by atoms with E-state index in [1.807, 2.05) is 0 Å². The highest BCUT2D eigenvalue weighted by atomic mass is 16.3. The van der Waals surface area contributed by atoms with Gasteiger partial charge in [0.1, 0.15) is 6.10 Å². The summed E-state index contributed by atoms with van der Waals surface area (Å²) in [5, 5.41) is 9.16. The molecule has 2 heteroatoms. The van der Waals surface area contributed by atoms with Gasteiger partial charge in [-0.2, -0.15) is 0 Å².